The summed E-state index contributed by atoms with van der Waals surface area (Å²) in [6.07, 6.45) is -5.31. The number of alkyl halides is 3. The zero-order valence-corrected chi connectivity index (χ0v) is 10.7. The maximum Gasteiger partial charge on any atom is 0.454 e. The molecule has 20 heavy (non-hydrogen) atoms. The predicted molar refractivity (Wildman–Crippen MR) is 59.5 cm³/mol. The number of rotatable bonds is 3. The Morgan fingerprint density at radius 1 is 1.20 bits per heavy atom. The average Bonchev–Trinajstić information content (AvgIpc) is 2.33. The Labute approximate surface area is 111 Å². The Balaban J connectivity index is 3.72. The van der Waals surface area contributed by atoms with E-state index in [0.29, 0.717) is 6.07 Å². The van der Waals surface area contributed by atoms with Gasteiger partial charge >= 0.3 is 12.1 Å². The Bertz CT molecular complexity index is 666. The smallest absolute Gasteiger partial charge is 0.454 e. The summed E-state index contributed by atoms with van der Waals surface area (Å²) in [6.45, 7) is 0. The van der Waals surface area contributed by atoms with Crippen molar-refractivity contribution < 1.29 is 35.9 Å². The highest BCUT2D eigenvalue weighted by molar-refractivity contribution is 7.89. The molecule has 0 aliphatic heterocycles. The van der Waals surface area contributed by atoms with E-state index in [-0.39, 0.29) is 0 Å². The molecule has 0 bridgehead atoms. The van der Waals surface area contributed by atoms with Gasteiger partial charge < -0.3 is 4.74 Å². The zero-order chi connectivity index (χ0) is 15.7. The summed E-state index contributed by atoms with van der Waals surface area (Å²) in [5.41, 5.74) is -1.98. The summed E-state index contributed by atoms with van der Waals surface area (Å²) < 4.78 is 64.2. The van der Waals surface area contributed by atoms with E-state index >= 15 is 0 Å². The Hall–Kier alpha value is -1.94. The minimum absolute atomic E-state index is 0.613. The van der Waals surface area contributed by atoms with Gasteiger partial charge in [0.05, 0.1) is 12.7 Å². The molecule has 0 radical (unpaired) electrons. The second-order valence-electron chi connectivity index (χ2n) is 3.55. The molecule has 0 saturated carbocycles. The lowest BCUT2D eigenvalue weighted by molar-refractivity contribution is -0.0887. The van der Waals surface area contributed by atoms with Crippen molar-refractivity contribution in [1.82, 2.24) is 0 Å². The van der Waals surface area contributed by atoms with Crippen molar-refractivity contribution in [2.24, 2.45) is 5.14 Å². The maximum absolute atomic E-state index is 12.4. The summed E-state index contributed by atoms with van der Waals surface area (Å²) in [5, 5.41) is 4.78. The average molecular weight is 311 g/mol. The molecular weight excluding hydrogens is 303 g/mol. The molecule has 6 nitrogen and oxygen atoms in total. The van der Waals surface area contributed by atoms with Gasteiger partial charge in [-0.15, -0.1) is 0 Å². The number of hydrogen-bond acceptors (Lipinski definition) is 5. The third-order valence-corrected chi connectivity index (χ3v) is 3.22. The first-order chi connectivity index (χ1) is 9.00. The largest absolute Gasteiger partial charge is 0.465 e. The van der Waals surface area contributed by atoms with Crippen LogP contribution in [0.1, 0.15) is 20.7 Å². The summed E-state index contributed by atoms with van der Waals surface area (Å²) >= 11 is 0. The number of primary sulfonamides is 1. The molecule has 0 unspecified atom stereocenters. The van der Waals surface area contributed by atoms with Crippen LogP contribution in [0.5, 0.6) is 0 Å². The van der Waals surface area contributed by atoms with E-state index < -0.39 is 44.0 Å². The first kappa shape index (κ1) is 16.1. The minimum atomic E-state index is -5.31. The molecule has 0 saturated heterocycles. The van der Waals surface area contributed by atoms with E-state index in [1.807, 2.05) is 0 Å². The van der Waals surface area contributed by atoms with Gasteiger partial charge in [-0.2, -0.15) is 13.2 Å². The van der Waals surface area contributed by atoms with Crippen molar-refractivity contribution in [1.29, 1.82) is 0 Å². The molecule has 2 N–H and O–H groups in total. The van der Waals surface area contributed by atoms with Gasteiger partial charge in [-0.1, -0.05) is 6.07 Å². The quantitative estimate of drug-likeness (QED) is 0.659. The number of sulfonamides is 1. The summed E-state index contributed by atoms with van der Waals surface area (Å²) in [7, 11) is -3.85. The highest BCUT2D eigenvalue weighted by Crippen LogP contribution is 2.28. The van der Waals surface area contributed by atoms with Crippen LogP contribution in [0, 0.1) is 0 Å². The highest BCUT2D eigenvalue weighted by atomic mass is 32.2. The molecule has 1 aromatic carbocycles. The van der Waals surface area contributed by atoms with Crippen LogP contribution in [0.25, 0.3) is 0 Å². The molecule has 0 atom stereocenters. The molecule has 1 aromatic rings. The van der Waals surface area contributed by atoms with Crippen molar-refractivity contribution in [2.45, 2.75) is 11.1 Å². The number of ether oxygens (including phenoxy) is 1. The van der Waals surface area contributed by atoms with Crippen molar-refractivity contribution in [3.8, 4) is 0 Å². The molecule has 0 aromatic heterocycles. The van der Waals surface area contributed by atoms with Crippen LogP contribution in [0.3, 0.4) is 0 Å². The number of carbonyl (C=O) groups is 2. The third kappa shape index (κ3) is 3.14. The van der Waals surface area contributed by atoms with Crippen LogP contribution in [-0.4, -0.2) is 33.5 Å². The molecule has 1 rings (SSSR count). The second kappa shape index (κ2) is 5.21. The van der Waals surface area contributed by atoms with E-state index in [2.05, 4.69) is 4.74 Å². The fraction of sp³-hybridized carbons (Fsp3) is 0.200. The third-order valence-electron chi connectivity index (χ3n) is 2.21. The first-order valence-electron chi connectivity index (χ1n) is 4.85. The van der Waals surface area contributed by atoms with Gasteiger partial charge in [0, 0.05) is 5.56 Å². The summed E-state index contributed by atoms with van der Waals surface area (Å²) in [6, 6.07) is 2.42. The van der Waals surface area contributed by atoms with Crippen molar-refractivity contribution in [3.63, 3.8) is 0 Å². The number of Topliss-reactive ketones (excluding diaryl/α,β-unsaturated/α-hetero) is 1. The van der Waals surface area contributed by atoms with Crippen molar-refractivity contribution in [3.05, 3.63) is 29.3 Å². The molecule has 0 fully saturated rings. The number of nitrogens with two attached hydrogens (primary N) is 1. The standard InChI is InChI=1S/C10H8F3NO5S/c1-19-9(16)6-4-2-3-5(7(6)20(14,17)18)8(15)10(11,12)13/h2-4H,1H3,(H2,14,17,18). The molecule has 0 amide bonds. The first-order valence-corrected chi connectivity index (χ1v) is 6.40. The zero-order valence-electron chi connectivity index (χ0n) is 9.89. The molecule has 0 spiro atoms. The monoisotopic (exact) mass is 311 g/mol. The van der Waals surface area contributed by atoms with Crippen LogP contribution >= 0.6 is 0 Å². The Morgan fingerprint density at radius 3 is 2.10 bits per heavy atom. The topological polar surface area (TPSA) is 104 Å². The fourth-order valence-corrected chi connectivity index (χ4v) is 2.37. The van der Waals surface area contributed by atoms with Gasteiger partial charge in [-0.3, -0.25) is 4.79 Å². The van der Waals surface area contributed by atoms with Crippen LogP contribution < -0.4 is 5.14 Å². The van der Waals surface area contributed by atoms with Crippen molar-refractivity contribution in [2.75, 3.05) is 7.11 Å². The number of hydrogen-bond donors (Lipinski definition) is 1. The van der Waals surface area contributed by atoms with Gasteiger partial charge in [-0.05, 0) is 12.1 Å². The van der Waals surface area contributed by atoms with Gasteiger partial charge in [0.2, 0.25) is 10.0 Å². The lowest BCUT2D eigenvalue weighted by Gasteiger charge is -2.12. The van der Waals surface area contributed by atoms with E-state index in [1.54, 1.807) is 0 Å². The van der Waals surface area contributed by atoms with Crippen molar-refractivity contribution >= 4 is 21.8 Å². The molecule has 0 aliphatic carbocycles. The molecular formula is C10H8F3NO5S. The number of benzene rings is 1. The Morgan fingerprint density at radius 2 is 1.70 bits per heavy atom. The van der Waals surface area contributed by atoms with Gasteiger partial charge in [-0.25, -0.2) is 18.4 Å². The Kier molecular flexibility index (Phi) is 4.20. The van der Waals surface area contributed by atoms with Gasteiger partial charge in [0.1, 0.15) is 4.90 Å². The van der Waals surface area contributed by atoms with Gasteiger partial charge in [0.25, 0.3) is 5.78 Å². The molecule has 110 valence electrons. The number of methoxy groups -OCH3 is 1. The van der Waals surface area contributed by atoms with E-state index in [0.717, 1.165) is 19.2 Å². The normalized spacial score (nSPS) is 12.1. The number of esters is 1. The van der Waals surface area contributed by atoms with E-state index in [4.69, 9.17) is 5.14 Å². The SMILES string of the molecule is COC(=O)c1cccc(C(=O)C(F)(F)F)c1S(N)(=O)=O. The lowest BCUT2D eigenvalue weighted by Crippen LogP contribution is -2.28. The fourth-order valence-electron chi connectivity index (χ4n) is 1.45. The molecule has 0 aliphatic rings. The van der Waals surface area contributed by atoms with Crippen LogP contribution in [0.15, 0.2) is 23.1 Å². The number of halogens is 3. The van der Waals surface area contributed by atoms with E-state index in [9.17, 15) is 31.2 Å². The van der Waals surface area contributed by atoms with E-state index in [1.165, 1.54) is 0 Å². The second-order valence-corrected chi connectivity index (χ2v) is 5.04. The molecule has 10 heteroatoms. The molecule has 0 heterocycles. The van der Waals surface area contributed by atoms with Crippen LogP contribution in [-0.2, 0) is 14.8 Å². The summed E-state index contributed by atoms with van der Waals surface area (Å²) in [4.78, 5) is 21.4. The summed E-state index contributed by atoms with van der Waals surface area (Å²) in [5.74, 6) is -3.65. The van der Waals surface area contributed by atoms with Gasteiger partial charge in [0.15, 0.2) is 0 Å². The predicted octanol–water partition coefficient (Wildman–Crippen LogP) is 0.866. The minimum Gasteiger partial charge on any atom is -0.465 e. The van der Waals surface area contributed by atoms with Crippen LogP contribution in [0.2, 0.25) is 0 Å². The highest BCUT2D eigenvalue weighted by Gasteiger charge is 2.42. The van der Waals surface area contributed by atoms with Crippen LogP contribution in [0.4, 0.5) is 13.2 Å². The maximum atomic E-state index is 12.4. The number of carbonyl (C=O) groups excluding carboxylic acids is 2. The number of ketones is 1. The lowest BCUT2D eigenvalue weighted by atomic mass is 10.1.